The van der Waals surface area contributed by atoms with E-state index in [-0.39, 0.29) is 22.7 Å². The first-order valence-corrected chi connectivity index (χ1v) is 10.0. The van der Waals surface area contributed by atoms with Gasteiger partial charge in [0.05, 0.1) is 19.1 Å². The van der Waals surface area contributed by atoms with Gasteiger partial charge in [-0.05, 0) is 36.5 Å². The molecule has 0 bridgehead atoms. The second-order valence-corrected chi connectivity index (χ2v) is 8.19. The van der Waals surface area contributed by atoms with E-state index in [1.54, 1.807) is 0 Å². The molecule has 1 aromatic carbocycles. The SMILES string of the molecule is CCCOc1ccc([C@@H]2C(C#N)=C(N)OC3=C2C(=O)CC(C)(C)C3)cc1OCC. The topological polar surface area (TPSA) is 94.6 Å². The molecule has 2 N–H and O–H groups in total. The van der Waals surface area contributed by atoms with Crippen molar-refractivity contribution in [2.45, 2.75) is 52.9 Å². The molecule has 0 aromatic heterocycles. The second-order valence-electron chi connectivity index (χ2n) is 8.19. The maximum atomic E-state index is 13.0. The van der Waals surface area contributed by atoms with Gasteiger partial charge in [0.1, 0.15) is 17.4 Å². The van der Waals surface area contributed by atoms with Crippen LogP contribution in [-0.4, -0.2) is 19.0 Å². The number of ketones is 1. The molecule has 6 heteroatoms. The molecule has 0 fully saturated rings. The molecular weight excluding hydrogens is 368 g/mol. The number of carbonyl (C=O) groups is 1. The van der Waals surface area contributed by atoms with Gasteiger partial charge in [0.2, 0.25) is 5.88 Å². The van der Waals surface area contributed by atoms with Crippen LogP contribution in [0.3, 0.4) is 0 Å². The fourth-order valence-corrected chi connectivity index (χ4v) is 3.92. The summed E-state index contributed by atoms with van der Waals surface area (Å²) in [5, 5.41) is 9.76. The van der Waals surface area contributed by atoms with Crippen molar-refractivity contribution in [2.24, 2.45) is 11.1 Å². The summed E-state index contributed by atoms with van der Waals surface area (Å²) in [5.74, 6) is 1.29. The van der Waals surface area contributed by atoms with Crippen molar-refractivity contribution in [1.82, 2.24) is 0 Å². The standard InChI is InChI=1S/C23H28N2O4/c1-5-9-28-17-8-7-14(10-18(17)27-6-2)20-15(13-24)22(25)29-19-12-23(3,4)11-16(26)21(19)20/h7-8,10,20H,5-6,9,11-12,25H2,1-4H3/t20-/m1/s1. The molecule has 0 amide bonds. The molecule has 3 rings (SSSR count). The predicted molar refractivity (Wildman–Crippen MR) is 109 cm³/mol. The van der Waals surface area contributed by atoms with Gasteiger partial charge < -0.3 is 19.9 Å². The molecule has 1 heterocycles. The minimum atomic E-state index is -0.563. The molecule has 1 aromatic rings. The Morgan fingerprint density at radius 3 is 2.66 bits per heavy atom. The van der Waals surface area contributed by atoms with E-state index in [2.05, 4.69) is 6.07 Å². The molecule has 1 aliphatic carbocycles. The molecule has 0 unspecified atom stereocenters. The van der Waals surface area contributed by atoms with Crippen LogP contribution in [0.2, 0.25) is 0 Å². The Morgan fingerprint density at radius 1 is 1.24 bits per heavy atom. The smallest absolute Gasteiger partial charge is 0.205 e. The van der Waals surface area contributed by atoms with Crippen molar-refractivity contribution in [3.63, 3.8) is 0 Å². The van der Waals surface area contributed by atoms with Gasteiger partial charge >= 0.3 is 0 Å². The van der Waals surface area contributed by atoms with E-state index < -0.39 is 5.92 Å². The van der Waals surface area contributed by atoms with Crippen LogP contribution >= 0.6 is 0 Å². The van der Waals surface area contributed by atoms with Crippen molar-refractivity contribution >= 4 is 5.78 Å². The molecule has 0 radical (unpaired) electrons. The fourth-order valence-electron chi connectivity index (χ4n) is 3.92. The lowest BCUT2D eigenvalue weighted by molar-refractivity contribution is -0.119. The summed E-state index contributed by atoms with van der Waals surface area (Å²) in [5.41, 5.74) is 7.42. The molecule has 1 atom stereocenters. The number of nitrogens with zero attached hydrogens (tertiary/aromatic N) is 1. The van der Waals surface area contributed by atoms with Gasteiger partial charge in [-0.25, -0.2) is 0 Å². The van der Waals surface area contributed by atoms with Crippen LogP contribution in [-0.2, 0) is 9.53 Å². The van der Waals surface area contributed by atoms with Gasteiger partial charge in [-0.2, -0.15) is 5.26 Å². The van der Waals surface area contributed by atoms with Gasteiger partial charge in [-0.15, -0.1) is 0 Å². The molecule has 154 valence electrons. The van der Waals surface area contributed by atoms with Crippen LogP contribution in [0, 0.1) is 16.7 Å². The van der Waals surface area contributed by atoms with E-state index in [0.717, 1.165) is 12.0 Å². The summed E-state index contributed by atoms with van der Waals surface area (Å²) in [6.45, 7) is 9.05. The lowest BCUT2D eigenvalue weighted by Crippen LogP contribution is -2.33. The van der Waals surface area contributed by atoms with E-state index in [4.69, 9.17) is 19.9 Å². The Bertz CT molecular complexity index is 921. The summed E-state index contributed by atoms with van der Waals surface area (Å²) in [4.78, 5) is 13.0. The zero-order chi connectivity index (χ0) is 21.2. The number of ether oxygens (including phenoxy) is 3. The Morgan fingerprint density at radius 2 is 2.00 bits per heavy atom. The molecule has 0 saturated carbocycles. The number of hydrogen-bond donors (Lipinski definition) is 1. The maximum Gasteiger partial charge on any atom is 0.205 e. The van der Waals surface area contributed by atoms with Gasteiger partial charge in [-0.1, -0.05) is 26.8 Å². The second kappa shape index (κ2) is 8.20. The normalized spacial score (nSPS) is 20.7. The van der Waals surface area contributed by atoms with E-state index in [9.17, 15) is 10.1 Å². The highest BCUT2D eigenvalue weighted by atomic mass is 16.5. The molecule has 6 nitrogen and oxygen atoms in total. The monoisotopic (exact) mass is 396 g/mol. The van der Waals surface area contributed by atoms with Crippen molar-refractivity contribution in [3.05, 3.63) is 46.6 Å². The van der Waals surface area contributed by atoms with Crippen LogP contribution in [0.15, 0.2) is 41.0 Å². The number of carbonyl (C=O) groups excluding carboxylic acids is 1. The van der Waals surface area contributed by atoms with E-state index >= 15 is 0 Å². The summed E-state index contributed by atoms with van der Waals surface area (Å²) in [7, 11) is 0. The quantitative estimate of drug-likeness (QED) is 0.769. The van der Waals surface area contributed by atoms with Crippen LogP contribution in [0.25, 0.3) is 0 Å². The number of nitriles is 1. The summed E-state index contributed by atoms with van der Waals surface area (Å²) in [6.07, 6.45) is 1.88. The molecule has 0 spiro atoms. The molecule has 29 heavy (non-hydrogen) atoms. The summed E-state index contributed by atoms with van der Waals surface area (Å²) < 4.78 is 17.3. The third kappa shape index (κ3) is 4.09. The number of nitrogens with two attached hydrogens (primary N) is 1. The Kier molecular flexibility index (Phi) is 5.88. The Labute approximate surface area is 171 Å². The minimum Gasteiger partial charge on any atom is -0.490 e. The number of Topliss-reactive ketones (excluding diaryl/α,β-unsaturated/α-hetero) is 1. The third-order valence-electron chi connectivity index (χ3n) is 5.14. The van der Waals surface area contributed by atoms with Crippen molar-refractivity contribution in [1.29, 1.82) is 5.26 Å². The zero-order valence-electron chi connectivity index (χ0n) is 17.5. The van der Waals surface area contributed by atoms with Gasteiger partial charge in [-0.3, -0.25) is 4.79 Å². The van der Waals surface area contributed by atoms with E-state index in [1.807, 2.05) is 45.9 Å². The van der Waals surface area contributed by atoms with Gasteiger partial charge in [0, 0.05) is 18.4 Å². The first-order chi connectivity index (χ1) is 13.8. The fraction of sp³-hybridized carbons (Fsp3) is 0.478. The number of benzene rings is 1. The van der Waals surface area contributed by atoms with Crippen LogP contribution in [0.4, 0.5) is 0 Å². The molecular formula is C23H28N2O4. The first-order valence-electron chi connectivity index (χ1n) is 10.0. The zero-order valence-corrected chi connectivity index (χ0v) is 17.5. The lowest BCUT2D eigenvalue weighted by atomic mass is 9.70. The maximum absolute atomic E-state index is 13.0. The highest BCUT2D eigenvalue weighted by Gasteiger charge is 2.43. The third-order valence-corrected chi connectivity index (χ3v) is 5.14. The average Bonchev–Trinajstić information content (AvgIpc) is 2.65. The van der Waals surface area contributed by atoms with Gasteiger partial charge in [0.25, 0.3) is 0 Å². The van der Waals surface area contributed by atoms with Crippen LogP contribution < -0.4 is 15.2 Å². The lowest BCUT2D eigenvalue weighted by Gasteiger charge is -2.37. The summed E-state index contributed by atoms with van der Waals surface area (Å²) in [6, 6.07) is 7.68. The Hall–Kier alpha value is -2.94. The van der Waals surface area contributed by atoms with Crippen LogP contribution in [0.1, 0.15) is 58.4 Å². The molecule has 2 aliphatic rings. The first kappa shape index (κ1) is 20.8. The number of allylic oxidation sites excluding steroid dienone is 3. The minimum absolute atomic E-state index is 0.00855. The van der Waals surface area contributed by atoms with E-state index in [1.165, 1.54) is 0 Å². The van der Waals surface area contributed by atoms with Gasteiger partial charge in [0.15, 0.2) is 17.3 Å². The highest BCUT2D eigenvalue weighted by Crippen LogP contribution is 2.48. The molecule has 0 saturated heterocycles. The largest absolute Gasteiger partial charge is 0.490 e. The van der Waals surface area contributed by atoms with Crippen LogP contribution in [0.5, 0.6) is 11.5 Å². The number of rotatable bonds is 6. The molecule has 1 aliphatic heterocycles. The van der Waals surface area contributed by atoms with Crippen molar-refractivity contribution in [2.75, 3.05) is 13.2 Å². The van der Waals surface area contributed by atoms with Crippen molar-refractivity contribution < 1.29 is 19.0 Å². The van der Waals surface area contributed by atoms with Crippen molar-refractivity contribution in [3.8, 4) is 17.6 Å². The number of hydrogen-bond acceptors (Lipinski definition) is 6. The predicted octanol–water partition coefficient (Wildman–Crippen LogP) is 4.32. The average molecular weight is 396 g/mol. The highest BCUT2D eigenvalue weighted by molar-refractivity contribution is 6.00. The summed E-state index contributed by atoms with van der Waals surface area (Å²) >= 11 is 0. The van der Waals surface area contributed by atoms with E-state index in [0.29, 0.717) is 48.9 Å². The Balaban J connectivity index is 2.11.